The molecule has 2 heterocycles. The van der Waals surface area contributed by atoms with Gasteiger partial charge in [-0.25, -0.2) is 0 Å². The van der Waals surface area contributed by atoms with Crippen molar-refractivity contribution in [1.82, 2.24) is 10.6 Å². The molecule has 0 bridgehead atoms. The Morgan fingerprint density at radius 2 is 1.92 bits per heavy atom. The van der Waals surface area contributed by atoms with Gasteiger partial charge in [-0.15, -0.1) is 0 Å². The molecule has 6 heteroatoms. The zero-order valence-corrected chi connectivity index (χ0v) is 16.0. The third kappa shape index (κ3) is 3.96. The Kier molecular flexibility index (Phi) is 5.73. The molecule has 1 fully saturated rings. The molecule has 1 saturated heterocycles. The van der Waals surface area contributed by atoms with E-state index in [1.807, 2.05) is 12.1 Å². The van der Waals surface area contributed by atoms with Crippen LogP contribution in [0.5, 0.6) is 11.5 Å². The molecule has 144 valence electrons. The summed E-state index contributed by atoms with van der Waals surface area (Å²) in [5.74, 6) is 1.66. The fourth-order valence-electron chi connectivity index (χ4n) is 3.67. The smallest absolute Gasteiger partial charge is 0.228 e. The van der Waals surface area contributed by atoms with E-state index in [1.165, 1.54) is 0 Å². The number of rotatable bonds is 6. The number of amides is 1. The molecule has 1 amide bonds. The van der Waals surface area contributed by atoms with Crippen molar-refractivity contribution in [1.29, 1.82) is 0 Å². The predicted molar refractivity (Wildman–Crippen MR) is 99.9 cm³/mol. The molecule has 2 aliphatic heterocycles. The lowest BCUT2D eigenvalue weighted by molar-refractivity contribution is -0.136. The number of hydrogen-bond donors (Lipinski definition) is 2. The normalized spacial score (nSPS) is 19.0. The molecule has 26 heavy (non-hydrogen) atoms. The first-order chi connectivity index (χ1) is 12.5. The fraction of sp³-hybridized carbons (Fsp3) is 0.650. The highest BCUT2D eigenvalue weighted by atomic mass is 16.6. The van der Waals surface area contributed by atoms with Gasteiger partial charge in [0.15, 0.2) is 11.5 Å². The number of carbonyl (C=O) groups excluding carboxylic acids is 1. The molecule has 0 aromatic heterocycles. The summed E-state index contributed by atoms with van der Waals surface area (Å²) in [6.07, 6.45) is 1.61. The van der Waals surface area contributed by atoms with Gasteiger partial charge in [0.2, 0.25) is 5.91 Å². The first kappa shape index (κ1) is 19.0. The van der Waals surface area contributed by atoms with Gasteiger partial charge in [-0.05, 0) is 43.6 Å². The Hall–Kier alpha value is -1.79. The van der Waals surface area contributed by atoms with Crippen LogP contribution in [0.1, 0.15) is 32.3 Å². The summed E-state index contributed by atoms with van der Waals surface area (Å²) in [5, 5.41) is 6.50. The molecule has 1 aromatic carbocycles. The molecule has 0 unspecified atom stereocenters. The number of carbonyl (C=O) groups is 1. The maximum atomic E-state index is 13.0. The number of fused-ring (bicyclic) bond motifs is 1. The number of methoxy groups -OCH3 is 1. The Balaban J connectivity index is 1.68. The summed E-state index contributed by atoms with van der Waals surface area (Å²) in [6.45, 7) is 8.14. The van der Waals surface area contributed by atoms with Gasteiger partial charge < -0.3 is 24.8 Å². The van der Waals surface area contributed by atoms with Gasteiger partial charge in [-0.3, -0.25) is 4.79 Å². The Morgan fingerprint density at radius 1 is 1.23 bits per heavy atom. The zero-order chi connectivity index (χ0) is 18.6. The molecular weight excluding hydrogens is 332 g/mol. The average Bonchev–Trinajstić information content (AvgIpc) is 2.66. The van der Waals surface area contributed by atoms with Crippen LogP contribution in [0.15, 0.2) is 18.2 Å². The lowest BCUT2D eigenvalue weighted by Crippen LogP contribution is -2.52. The highest BCUT2D eigenvalue weighted by molar-refractivity contribution is 5.83. The second-order valence-corrected chi connectivity index (χ2v) is 7.89. The molecule has 0 spiro atoms. The molecule has 2 aliphatic rings. The number of benzene rings is 1. The minimum Gasteiger partial charge on any atom is -0.486 e. The van der Waals surface area contributed by atoms with Gasteiger partial charge in [0.1, 0.15) is 13.2 Å². The first-order valence-corrected chi connectivity index (χ1v) is 9.35. The number of piperidine rings is 1. The van der Waals surface area contributed by atoms with Crippen LogP contribution in [-0.2, 0) is 14.9 Å². The average molecular weight is 362 g/mol. The van der Waals surface area contributed by atoms with Crippen molar-refractivity contribution in [2.45, 2.75) is 32.1 Å². The number of nitrogens with one attached hydrogen (secondary N) is 2. The Labute approximate surface area is 155 Å². The SMILES string of the molecule is COCC1(C(=O)NCC(C)(C)c2ccc3c(c2)OCCO3)CCNCC1. The van der Waals surface area contributed by atoms with Crippen LogP contribution in [0.25, 0.3) is 0 Å². The maximum Gasteiger partial charge on any atom is 0.228 e. The van der Waals surface area contributed by atoms with Crippen molar-refractivity contribution < 1.29 is 19.0 Å². The van der Waals surface area contributed by atoms with Crippen LogP contribution in [0, 0.1) is 5.41 Å². The number of hydrogen-bond acceptors (Lipinski definition) is 5. The summed E-state index contributed by atoms with van der Waals surface area (Å²) in [4.78, 5) is 13.0. The third-order valence-electron chi connectivity index (χ3n) is 5.48. The minimum absolute atomic E-state index is 0.0893. The van der Waals surface area contributed by atoms with Gasteiger partial charge in [-0.2, -0.15) is 0 Å². The number of ether oxygens (including phenoxy) is 3. The molecule has 0 aliphatic carbocycles. The van der Waals surface area contributed by atoms with Crippen molar-refractivity contribution in [2.75, 3.05) is 46.6 Å². The third-order valence-corrected chi connectivity index (χ3v) is 5.48. The fourth-order valence-corrected chi connectivity index (χ4v) is 3.67. The van der Waals surface area contributed by atoms with Crippen LogP contribution in [0.3, 0.4) is 0 Å². The summed E-state index contributed by atoms with van der Waals surface area (Å²) in [6, 6.07) is 6.03. The van der Waals surface area contributed by atoms with E-state index in [-0.39, 0.29) is 11.3 Å². The van der Waals surface area contributed by atoms with E-state index < -0.39 is 5.41 Å². The molecule has 0 radical (unpaired) electrons. The van der Waals surface area contributed by atoms with E-state index in [1.54, 1.807) is 7.11 Å². The summed E-state index contributed by atoms with van der Waals surface area (Å²) >= 11 is 0. The standard InChI is InChI=1S/C20H30N2O4/c1-19(2,15-4-5-16-17(12-15)26-11-10-25-16)13-22-18(23)20(14-24-3)6-8-21-9-7-20/h4-5,12,21H,6-11,13-14H2,1-3H3,(H,22,23). The molecule has 6 nitrogen and oxygen atoms in total. The van der Waals surface area contributed by atoms with Gasteiger partial charge >= 0.3 is 0 Å². The topological polar surface area (TPSA) is 68.8 Å². The van der Waals surface area contributed by atoms with Crippen LogP contribution in [0.2, 0.25) is 0 Å². The molecule has 2 N–H and O–H groups in total. The van der Waals surface area contributed by atoms with Crippen LogP contribution >= 0.6 is 0 Å². The first-order valence-electron chi connectivity index (χ1n) is 9.35. The zero-order valence-electron chi connectivity index (χ0n) is 16.0. The van der Waals surface area contributed by atoms with Crippen LogP contribution in [0.4, 0.5) is 0 Å². The Morgan fingerprint density at radius 3 is 2.62 bits per heavy atom. The summed E-state index contributed by atoms with van der Waals surface area (Å²) in [5.41, 5.74) is 0.475. The van der Waals surface area contributed by atoms with Crippen LogP contribution < -0.4 is 20.1 Å². The maximum absolute atomic E-state index is 13.0. The van der Waals surface area contributed by atoms with Gasteiger partial charge in [0.05, 0.1) is 12.0 Å². The van der Waals surface area contributed by atoms with Crippen molar-refractivity contribution in [3.8, 4) is 11.5 Å². The van der Waals surface area contributed by atoms with E-state index in [2.05, 4.69) is 30.5 Å². The molecule has 0 saturated carbocycles. The lowest BCUT2D eigenvalue weighted by Gasteiger charge is -2.37. The van der Waals surface area contributed by atoms with E-state index >= 15 is 0 Å². The lowest BCUT2D eigenvalue weighted by atomic mass is 9.78. The molecular formula is C20H30N2O4. The van der Waals surface area contributed by atoms with Gasteiger partial charge in [-0.1, -0.05) is 19.9 Å². The van der Waals surface area contributed by atoms with Gasteiger partial charge in [0, 0.05) is 19.1 Å². The monoisotopic (exact) mass is 362 g/mol. The summed E-state index contributed by atoms with van der Waals surface area (Å²) in [7, 11) is 1.66. The summed E-state index contributed by atoms with van der Waals surface area (Å²) < 4.78 is 16.7. The van der Waals surface area contributed by atoms with Crippen molar-refractivity contribution in [3.05, 3.63) is 23.8 Å². The largest absolute Gasteiger partial charge is 0.486 e. The van der Waals surface area contributed by atoms with Crippen LogP contribution in [-0.4, -0.2) is 52.5 Å². The van der Waals surface area contributed by atoms with Crippen molar-refractivity contribution in [3.63, 3.8) is 0 Å². The second-order valence-electron chi connectivity index (χ2n) is 7.89. The second kappa shape index (κ2) is 7.84. The molecule has 0 atom stereocenters. The van der Waals surface area contributed by atoms with Crippen molar-refractivity contribution in [2.24, 2.45) is 5.41 Å². The highest BCUT2D eigenvalue weighted by Crippen LogP contribution is 2.35. The quantitative estimate of drug-likeness (QED) is 0.809. The van der Waals surface area contributed by atoms with E-state index in [4.69, 9.17) is 14.2 Å². The Bertz CT molecular complexity index is 633. The highest BCUT2D eigenvalue weighted by Gasteiger charge is 2.40. The van der Waals surface area contributed by atoms with Crippen molar-refractivity contribution >= 4 is 5.91 Å². The van der Waals surface area contributed by atoms with E-state index in [9.17, 15) is 4.79 Å². The van der Waals surface area contributed by atoms with Gasteiger partial charge in [0.25, 0.3) is 0 Å². The molecule has 1 aromatic rings. The predicted octanol–water partition coefficient (Wildman–Crippen LogP) is 1.87. The molecule has 3 rings (SSSR count). The van der Waals surface area contributed by atoms with E-state index in [0.717, 1.165) is 43.0 Å². The minimum atomic E-state index is -0.428. The van der Waals surface area contributed by atoms with E-state index in [0.29, 0.717) is 26.4 Å².